The van der Waals surface area contributed by atoms with Crippen molar-refractivity contribution in [2.45, 2.75) is 0 Å². The highest BCUT2D eigenvalue weighted by Crippen LogP contribution is 2.19. The van der Waals surface area contributed by atoms with Crippen molar-refractivity contribution < 1.29 is 18.8 Å². The largest absolute Gasteiger partial charge is 0.497 e. The van der Waals surface area contributed by atoms with Crippen molar-refractivity contribution in [1.29, 1.82) is 0 Å². The molecular weight excluding hydrogens is 279 g/mol. The number of carbonyl (C=O) groups excluding carboxylic acids is 1. The number of benzene rings is 2. The number of carbonyl (C=O) groups is 1. The molecule has 7 heteroatoms. The first kappa shape index (κ1) is 14.4. The fourth-order valence-electron chi connectivity index (χ4n) is 1.67. The summed E-state index contributed by atoms with van der Waals surface area (Å²) in [5.74, 6) is -1.06. The Hall–Kier alpha value is -2.96. The minimum atomic E-state index is -0.714. The number of halogens is 1. The van der Waals surface area contributed by atoms with E-state index in [0.29, 0.717) is 11.4 Å². The van der Waals surface area contributed by atoms with E-state index >= 15 is 0 Å². The van der Waals surface area contributed by atoms with E-state index in [1.807, 2.05) is 0 Å². The van der Waals surface area contributed by atoms with Gasteiger partial charge in [-0.3, -0.25) is 14.9 Å². The van der Waals surface area contributed by atoms with Gasteiger partial charge in [0.1, 0.15) is 11.6 Å². The number of methoxy groups -OCH3 is 1. The second-order valence-electron chi connectivity index (χ2n) is 4.10. The van der Waals surface area contributed by atoms with Gasteiger partial charge in [-0.1, -0.05) is 0 Å². The molecule has 0 saturated carbocycles. The molecule has 1 amide bonds. The van der Waals surface area contributed by atoms with Gasteiger partial charge >= 0.3 is 0 Å². The maximum absolute atomic E-state index is 13.7. The molecule has 108 valence electrons. The Morgan fingerprint density at radius 2 is 1.90 bits per heavy atom. The van der Waals surface area contributed by atoms with Crippen molar-refractivity contribution in [2.24, 2.45) is 0 Å². The topological polar surface area (TPSA) is 81.5 Å². The minimum absolute atomic E-state index is 0.0939. The van der Waals surface area contributed by atoms with Crippen molar-refractivity contribution in [3.05, 3.63) is 64.0 Å². The second kappa shape index (κ2) is 6.00. The monoisotopic (exact) mass is 290 g/mol. The fourth-order valence-corrected chi connectivity index (χ4v) is 1.67. The fraction of sp³-hybridized carbons (Fsp3) is 0.0714. The van der Waals surface area contributed by atoms with Gasteiger partial charge in [0, 0.05) is 23.9 Å². The normalized spacial score (nSPS) is 10.0. The molecule has 0 atom stereocenters. The van der Waals surface area contributed by atoms with Gasteiger partial charge in [0.05, 0.1) is 17.6 Å². The third kappa shape index (κ3) is 3.33. The second-order valence-corrected chi connectivity index (χ2v) is 4.10. The van der Waals surface area contributed by atoms with Crippen molar-refractivity contribution in [1.82, 2.24) is 0 Å². The first-order valence-corrected chi connectivity index (χ1v) is 5.90. The molecule has 0 heterocycles. The summed E-state index contributed by atoms with van der Waals surface area (Å²) in [7, 11) is 1.39. The Labute approximate surface area is 119 Å². The van der Waals surface area contributed by atoms with E-state index in [2.05, 4.69) is 5.32 Å². The zero-order valence-electron chi connectivity index (χ0n) is 11.0. The lowest BCUT2D eigenvalue weighted by atomic mass is 10.2. The first-order valence-electron chi connectivity index (χ1n) is 5.90. The molecule has 6 nitrogen and oxygen atoms in total. The summed E-state index contributed by atoms with van der Waals surface area (Å²) in [5.41, 5.74) is 0.0959. The lowest BCUT2D eigenvalue weighted by Gasteiger charge is -2.07. The molecule has 0 bridgehead atoms. The van der Waals surface area contributed by atoms with Crippen LogP contribution in [0, 0.1) is 15.9 Å². The average molecular weight is 290 g/mol. The standard InChI is InChI=1S/C14H11FN2O4/c1-21-11-6-7-12(13(15)8-11)14(18)16-9-2-4-10(5-3-9)17(19)20/h2-8H,1H3,(H,16,18). The van der Waals surface area contributed by atoms with Crippen molar-refractivity contribution in [2.75, 3.05) is 12.4 Å². The van der Waals surface area contributed by atoms with Gasteiger partial charge in [-0.15, -0.1) is 0 Å². The van der Waals surface area contributed by atoms with Gasteiger partial charge in [0.15, 0.2) is 0 Å². The molecule has 0 aliphatic carbocycles. The highest BCUT2D eigenvalue weighted by Gasteiger charge is 2.13. The zero-order chi connectivity index (χ0) is 15.4. The molecule has 0 spiro atoms. The summed E-state index contributed by atoms with van der Waals surface area (Å²) in [4.78, 5) is 21.9. The highest BCUT2D eigenvalue weighted by molar-refractivity contribution is 6.04. The molecule has 0 unspecified atom stereocenters. The molecule has 2 aromatic carbocycles. The quantitative estimate of drug-likeness (QED) is 0.693. The number of amides is 1. The number of hydrogen-bond donors (Lipinski definition) is 1. The van der Waals surface area contributed by atoms with Crippen LogP contribution in [0.4, 0.5) is 15.8 Å². The number of nitro benzene ring substituents is 1. The highest BCUT2D eigenvalue weighted by atomic mass is 19.1. The van der Waals surface area contributed by atoms with E-state index in [0.717, 1.165) is 6.07 Å². The number of anilines is 1. The predicted molar refractivity (Wildman–Crippen MR) is 74.0 cm³/mol. The average Bonchev–Trinajstić information content (AvgIpc) is 2.47. The molecule has 0 aromatic heterocycles. The van der Waals surface area contributed by atoms with Crippen LogP contribution in [0.5, 0.6) is 5.75 Å². The van der Waals surface area contributed by atoms with E-state index < -0.39 is 16.6 Å². The van der Waals surface area contributed by atoms with Crippen molar-refractivity contribution in [3.8, 4) is 5.75 Å². The summed E-state index contributed by atoms with van der Waals surface area (Å²) in [6.45, 7) is 0. The molecule has 0 saturated heterocycles. The number of nitrogens with one attached hydrogen (secondary N) is 1. The van der Waals surface area contributed by atoms with Crippen LogP contribution in [-0.2, 0) is 0 Å². The van der Waals surface area contributed by atoms with Gasteiger partial charge < -0.3 is 10.1 Å². The molecule has 2 aromatic rings. The third-order valence-electron chi connectivity index (χ3n) is 2.76. The Balaban J connectivity index is 2.16. The van der Waals surface area contributed by atoms with Gasteiger partial charge in [0.25, 0.3) is 11.6 Å². The molecule has 0 aliphatic heterocycles. The van der Waals surface area contributed by atoms with E-state index in [1.54, 1.807) is 0 Å². The summed E-state index contributed by atoms with van der Waals surface area (Å²) < 4.78 is 18.6. The van der Waals surface area contributed by atoms with E-state index in [4.69, 9.17) is 4.74 Å². The molecule has 0 aliphatic rings. The number of nitro groups is 1. The van der Waals surface area contributed by atoms with Crippen LogP contribution in [0.25, 0.3) is 0 Å². The lowest BCUT2D eigenvalue weighted by molar-refractivity contribution is -0.384. The number of non-ortho nitro benzene ring substituents is 1. The predicted octanol–water partition coefficient (Wildman–Crippen LogP) is 2.99. The van der Waals surface area contributed by atoms with Crippen LogP contribution in [0.15, 0.2) is 42.5 Å². The van der Waals surface area contributed by atoms with Gasteiger partial charge in [-0.05, 0) is 24.3 Å². The molecular formula is C14H11FN2O4. The number of hydrogen-bond acceptors (Lipinski definition) is 4. The van der Waals surface area contributed by atoms with Crippen molar-refractivity contribution in [3.63, 3.8) is 0 Å². The third-order valence-corrected chi connectivity index (χ3v) is 2.76. The van der Waals surface area contributed by atoms with E-state index in [-0.39, 0.29) is 11.3 Å². The molecule has 0 radical (unpaired) electrons. The first-order chi connectivity index (χ1) is 10.0. The number of rotatable bonds is 4. The SMILES string of the molecule is COc1ccc(C(=O)Nc2ccc([N+](=O)[O-])cc2)c(F)c1. The van der Waals surface area contributed by atoms with Crippen LogP contribution in [0.2, 0.25) is 0 Å². The number of ether oxygens (including phenoxy) is 1. The molecule has 21 heavy (non-hydrogen) atoms. The summed E-state index contributed by atoms with van der Waals surface area (Å²) in [6.07, 6.45) is 0. The molecule has 2 rings (SSSR count). The van der Waals surface area contributed by atoms with E-state index in [1.165, 1.54) is 43.5 Å². The van der Waals surface area contributed by atoms with Crippen LogP contribution in [0.1, 0.15) is 10.4 Å². The van der Waals surface area contributed by atoms with Gasteiger partial charge in [0.2, 0.25) is 0 Å². The van der Waals surface area contributed by atoms with Crippen LogP contribution in [-0.4, -0.2) is 17.9 Å². The van der Waals surface area contributed by atoms with Gasteiger partial charge in [-0.25, -0.2) is 4.39 Å². The molecule has 0 fully saturated rings. The smallest absolute Gasteiger partial charge is 0.269 e. The Morgan fingerprint density at radius 3 is 2.43 bits per heavy atom. The molecule has 1 N–H and O–H groups in total. The lowest BCUT2D eigenvalue weighted by Crippen LogP contribution is -2.13. The van der Waals surface area contributed by atoms with Crippen molar-refractivity contribution >= 4 is 17.3 Å². The van der Waals surface area contributed by atoms with Crippen LogP contribution >= 0.6 is 0 Å². The maximum Gasteiger partial charge on any atom is 0.269 e. The van der Waals surface area contributed by atoms with Gasteiger partial charge in [-0.2, -0.15) is 0 Å². The Morgan fingerprint density at radius 1 is 1.24 bits per heavy atom. The summed E-state index contributed by atoms with van der Waals surface area (Å²) in [6, 6.07) is 9.11. The van der Waals surface area contributed by atoms with Crippen LogP contribution in [0.3, 0.4) is 0 Å². The van der Waals surface area contributed by atoms with Crippen LogP contribution < -0.4 is 10.1 Å². The summed E-state index contributed by atoms with van der Waals surface area (Å²) in [5, 5.41) is 13.0. The number of nitrogens with zero attached hydrogens (tertiary/aromatic N) is 1. The minimum Gasteiger partial charge on any atom is -0.497 e. The Bertz CT molecular complexity index is 686. The zero-order valence-corrected chi connectivity index (χ0v) is 11.0. The maximum atomic E-state index is 13.7. The van der Waals surface area contributed by atoms with E-state index in [9.17, 15) is 19.3 Å². The summed E-state index contributed by atoms with van der Waals surface area (Å²) >= 11 is 0. The Kier molecular flexibility index (Phi) is 4.13.